The first-order valence-corrected chi connectivity index (χ1v) is 18.1. The molecule has 1 aromatic rings. The highest BCUT2D eigenvalue weighted by molar-refractivity contribution is 5.95. The first-order valence-electron chi connectivity index (χ1n) is 18.1. The lowest BCUT2D eigenvalue weighted by Crippen LogP contribution is -2.58. The van der Waals surface area contributed by atoms with E-state index in [-0.39, 0.29) is 31.1 Å². The van der Waals surface area contributed by atoms with E-state index >= 15 is 0 Å². The standard InChI is InChI=1S/C37H58N6O9/c1-23(2)31(33(47)40-24(3)34(48)43-20-14-17-28(43)35(49)50)42-32(46)27(22-30(38)45)39-19-13-8-7-12-18-29(44)26(21-25-15-10-9-11-16-25)41-36(51)52-37(4,5)6/h9-11,15-16,23-24,26-28,31,39H,7-8,12-14,17-22H2,1-6H3,(H2,38,45)(H,40,47)(H,41,51)(H,42,46)(H,49,50)/t24?,26-,27-,28-,31-/m0/s1. The van der Waals surface area contributed by atoms with Crippen LogP contribution in [0.25, 0.3) is 0 Å². The first kappa shape index (κ1) is 43.6. The van der Waals surface area contributed by atoms with Crippen molar-refractivity contribution in [2.45, 2.75) is 135 Å². The second-order valence-corrected chi connectivity index (χ2v) is 14.7. The summed E-state index contributed by atoms with van der Waals surface area (Å²) in [5, 5.41) is 20.5. The van der Waals surface area contributed by atoms with E-state index in [0.717, 1.165) is 12.0 Å². The number of Topliss-reactive ketones (excluding diaryl/α,β-unsaturated/α-hetero) is 1. The Balaban J connectivity index is 1.87. The molecule has 0 aromatic heterocycles. The van der Waals surface area contributed by atoms with Gasteiger partial charge in [-0.1, -0.05) is 57.0 Å². The summed E-state index contributed by atoms with van der Waals surface area (Å²) in [6, 6.07) is 4.67. The minimum Gasteiger partial charge on any atom is -0.480 e. The number of amides is 5. The Labute approximate surface area is 306 Å². The molecule has 290 valence electrons. The topological polar surface area (TPSA) is 226 Å². The molecule has 0 spiro atoms. The number of hydrogen-bond acceptors (Lipinski definition) is 9. The zero-order valence-electron chi connectivity index (χ0n) is 31.4. The third-order valence-corrected chi connectivity index (χ3v) is 8.62. The first-order chi connectivity index (χ1) is 24.4. The molecule has 7 N–H and O–H groups in total. The zero-order valence-corrected chi connectivity index (χ0v) is 31.4. The highest BCUT2D eigenvalue weighted by atomic mass is 16.6. The summed E-state index contributed by atoms with van der Waals surface area (Å²) in [4.78, 5) is 89.5. The second-order valence-electron chi connectivity index (χ2n) is 14.7. The van der Waals surface area contributed by atoms with Crippen LogP contribution in [0, 0.1) is 5.92 Å². The van der Waals surface area contributed by atoms with Gasteiger partial charge in [0.15, 0.2) is 5.78 Å². The number of nitrogens with two attached hydrogens (primary N) is 1. The van der Waals surface area contributed by atoms with Gasteiger partial charge >= 0.3 is 12.1 Å². The lowest BCUT2D eigenvalue weighted by atomic mass is 9.98. The second kappa shape index (κ2) is 21.1. The number of rotatable bonds is 21. The molecule has 1 aliphatic heterocycles. The predicted octanol–water partition coefficient (Wildman–Crippen LogP) is 2.20. The van der Waals surface area contributed by atoms with E-state index < -0.39 is 71.5 Å². The molecule has 2 rings (SSSR count). The molecule has 52 heavy (non-hydrogen) atoms. The summed E-state index contributed by atoms with van der Waals surface area (Å²) in [5.74, 6) is -4.03. The van der Waals surface area contributed by atoms with Crippen LogP contribution in [-0.2, 0) is 39.9 Å². The summed E-state index contributed by atoms with van der Waals surface area (Å²) in [6.45, 7) is 10.8. The SMILES string of the molecule is CC(NC(=O)[C@@H](NC(=O)[C@H](CC(N)=O)NCCCCCCC(=O)[C@H](Cc1ccccc1)NC(=O)OC(C)(C)C)C(C)C)C(=O)N1CCC[C@H]1C(=O)O. The number of ether oxygens (including phenoxy) is 1. The molecular formula is C37H58N6O9. The van der Waals surface area contributed by atoms with Crippen LogP contribution in [0.4, 0.5) is 4.79 Å². The molecule has 0 radical (unpaired) electrons. The maximum Gasteiger partial charge on any atom is 0.408 e. The van der Waals surface area contributed by atoms with Gasteiger partial charge in [-0.15, -0.1) is 0 Å². The van der Waals surface area contributed by atoms with Gasteiger partial charge < -0.3 is 41.7 Å². The number of hydrogen-bond donors (Lipinski definition) is 6. The minimum absolute atomic E-state index is 0.103. The zero-order chi connectivity index (χ0) is 39.0. The molecule has 1 fully saturated rings. The average molecular weight is 731 g/mol. The lowest BCUT2D eigenvalue weighted by Gasteiger charge is -2.28. The number of benzene rings is 1. The van der Waals surface area contributed by atoms with Gasteiger partial charge in [0, 0.05) is 13.0 Å². The van der Waals surface area contributed by atoms with E-state index in [1.165, 1.54) is 11.8 Å². The minimum atomic E-state index is -1.10. The van der Waals surface area contributed by atoms with Gasteiger partial charge in [-0.2, -0.15) is 0 Å². The largest absolute Gasteiger partial charge is 0.480 e. The number of carboxylic acids is 1. The van der Waals surface area contributed by atoms with Crippen LogP contribution in [0.3, 0.4) is 0 Å². The van der Waals surface area contributed by atoms with E-state index in [0.29, 0.717) is 45.1 Å². The van der Waals surface area contributed by atoms with Crippen LogP contribution in [-0.4, -0.2) is 100 Å². The number of ketones is 1. The molecular weight excluding hydrogens is 672 g/mol. The number of alkyl carbamates (subject to hydrolysis) is 1. The fourth-order valence-corrected chi connectivity index (χ4v) is 5.92. The normalized spacial score (nSPS) is 16.7. The number of likely N-dealkylation sites (tertiary alicyclic amines) is 1. The van der Waals surface area contributed by atoms with Gasteiger partial charge in [-0.3, -0.25) is 24.0 Å². The third-order valence-electron chi connectivity index (χ3n) is 8.62. The number of carboxylic acid groups (broad SMARTS) is 1. The fraction of sp³-hybridized carbons (Fsp3) is 0.649. The Bertz CT molecular complexity index is 1380. The van der Waals surface area contributed by atoms with E-state index in [9.17, 15) is 38.7 Å². The number of primary amides is 1. The van der Waals surface area contributed by atoms with E-state index in [1.54, 1.807) is 34.6 Å². The van der Waals surface area contributed by atoms with E-state index in [2.05, 4.69) is 21.3 Å². The van der Waals surface area contributed by atoms with Crippen LogP contribution in [0.15, 0.2) is 30.3 Å². The molecule has 5 atom stereocenters. The van der Waals surface area contributed by atoms with Crippen molar-refractivity contribution in [2.24, 2.45) is 11.7 Å². The Kier molecular flexibility index (Phi) is 17.7. The number of nitrogens with zero attached hydrogens (tertiary/aromatic N) is 1. The van der Waals surface area contributed by atoms with E-state index in [1.807, 2.05) is 30.3 Å². The van der Waals surface area contributed by atoms with Crippen LogP contribution < -0.4 is 27.0 Å². The van der Waals surface area contributed by atoms with Crippen molar-refractivity contribution in [3.8, 4) is 0 Å². The molecule has 0 saturated carbocycles. The number of nitrogens with one attached hydrogen (secondary N) is 4. The predicted molar refractivity (Wildman–Crippen MR) is 194 cm³/mol. The molecule has 0 bridgehead atoms. The summed E-state index contributed by atoms with van der Waals surface area (Å²) < 4.78 is 5.36. The Morgan fingerprint density at radius 1 is 0.904 bits per heavy atom. The van der Waals surface area contributed by atoms with Crippen molar-refractivity contribution in [1.82, 2.24) is 26.2 Å². The molecule has 15 nitrogen and oxygen atoms in total. The molecule has 1 heterocycles. The summed E-state index contributed by atoms with van der Waals surface area (Å²) >= 11 is 0. The molecule has 1 aliphatic rings. The van der Waals surface area contributed by atoms with Crippen LogP contribution in [0.1, 0.15) is 98.5 Å². The average Bonchev–Trinajstić information content (AvgIpc) is 3.55. The quantitative estimate of drug-likeness (QED) is 0.101. The summed E-state index contributed by atoms with van der Waals surface area (Å²) in [5.41, 5.74) is 5.62. The van der Waals surface area contributed by atoms with Gasteiger partial charge in [-0.25, -0.2) is 9.59 Å². The number of carbonyl (C=O) groups excluding carboxylic acids is 6. The highest BCUT2D eigenvalue weighted by Crippen LogP contribution is 2.19. The summed E-state index contributed by atoms with van der Waals surface area (Å²) in [7, 11) is 0. The van der Waals surface area contributed by atoms with E-state index in [4.69, 9.17) is 10.5 Å². The van der Waals surface area contributed by atoms with Gasteiger partial charge in [0.2, 0.25) is 23.6 Å². The summed E-state index contributed by atoms with van der Waals surface area (Å²) in [6.07, 6.45) is 3.17. The van der Waals surface area contributed by atoms with Crippen LogP contribution >= 0.6 is 0 Å². The molecule has 1 unspecified atom stereocenters. The number of carbonyl (C=O) groups is 7. The molecule has 5 amide bonds. The maximum atomic E-state index is 13.3. The van der Waals surface area contributed by atoms with Gasteiger partial charge in [0.1, 0.15) is 23.7 Å². The van der Waals surface area contributed by atoms with Crippen LogP contribution in [0.2, 0.25) is 0 Å². The van der Waals surface area contributed by atoms with Crippen molar-refractivity contribution < 1.29 is 43.4 Å². The Hall–Kier alpha value is -4.53. The number of unbranched alkanes of at least 4 members (excludes halogenated alkanes) is 3. The molecule has 15 heteroatoms. The third kappa shape index (κ3) is 15.4. The lowest BCUT2D eigenvalue weighted by molar-refractivity contribution is -0.149. The van der Waals surface area contributed by atoms with Crippen molar-refractivity contribution in [2.75, 3.05) is 13.1 Å². The monoisotopic (exact) mass is 730 g/mol. The van der Waals surface area contributed by atoms with Gasteiger partial charge in [0.05, 0.1) is 18.5 Å². The van der Waals surface area contributed by atoms with Crippen molar-refractivity contribution >= 4 is 41.5 Å². The Morgan fingerprint density at radius 3 is 2.15 bits per heavy atom. The highest BCUT2D eigenvalue weighted by Gasteiger charge is 2.37. The molecule has 0 aliphatic carbocycles. The van der Waals surface area contributed by atoms with Crippen LogP contribution in [0.5, 0.6) is 0 Å². The maximum absolute atomic E-state index is 13.3. The Morgan fingerprint density at radius 2 is 1.56 bits per heavy atom. The van der Waals surface area contributed by atoms with Crippen molar-refractivity contribution in [3.63, 3.8) is 0 Å². The molecule has 1 aromatic carbocycles. The van der Waals surface area contributed by atoms with Crippen molar-refractivity contribution in [1.29, 1.82) is 0 Å². The van der Waals surface area contributed by atoms with Crippen molar-refractivity contribution in [3.05, 3.63) is 35.9 Å². The molecule has 1 saturated heterocycles. The fourth-order valence-electron chi connectivity index (χ4n) is 5.92. The smallest absolute Gasteiger partial charge is 0.408 e. The van der Waals surface area contributed by atoms with Gasteiger partial charge in [-0.05, 0) is 77.8 Å². The van der Waals surface area contributed by atoms with Gasteiger partial charge in [0.25, 0.3) is 0 Å². The number of aliphatic carboxylic acids is 1.